The molecule has 0 spiro atoms. The molecule has 0 aromatic heterocycles. The number of methoxy groups -OCH3 is 2. The third-order valence-electron chi connectivity index (χ3n) is 2.97. The Hall–Kier alpha value is -2.68. The number of amides is 2. The molecule has 0 radical (unpaired) electrons. The molecule has 1 aliphatic heterocycles. The van der Waals surface area contributed by atoms with Gasteiger partial charge in [0.2, 0.25) is 5.75 Å². The van der Waals surface area contributed by atoms with E-state index in [-0.39, 0.29) is 22.2 Å². The summed E-state index contributed by atoms with van der Waals surface area (Å²) in [5.74, 6) is -1.87. The van der Waals surface area contributed by atoms with Crippen molar-refractivity contribution < 1.29 is 34.1 Å². The Morgan fingerprint density at radius 1 is 1.26 bits per heavy atom. The van der Waals surface area contributed by atoms with Crippen molar-refractivity contribution in [2.45, 2.75) is 0 Å². The normalized spacial score (nSPS) is 16.1. The first-order valence-corrected chi connectivity index (χ1v) is 7.11. The van der Waals surface area contributed by atoms with Crippen molar-refractivity contribution in [1.29, 1.82) is 0 Å². The summed E-state index contributed by atoms with van der Waals surface area (Å²) in [7, 11) is 2.72. The summed E-state index contributed by atoms with van der Waals surface area (Å²) in [6.45, 7) is -0.690. The second-order valence-corrected chi connectivity index (χ2v) is 5.43. The predicted molar refractivity (Wildman–Crippen MR) is 81.5 cm³/mol. The largest absolute Gasteiger partial charge is 0.502 e. The number of rotatable bonds is 5. The van der Waals surface area contributed by atoms with Gasteiger partial charge in [0, 0.05) is 0 Å². The summed E-state index contributed by atoms with van der Waals surface area (Å²) >= 11 is 0.641. The van der Waals surface area contributed by atoms with Crippen LogP contribution in [-0.4, -0.2) is 53.0 Å². The minimum atomic E-state index is -1.28. The van der Waals surface area contributed by atoms with Crippen molar-refractivity contribution in [2.24, 2.45) is 0 Å². The SMILES string of the molecule is COc1cc(/C=C2/SC(=O)N(CC(=O)O)C2=O)cc(OC)c1O. The van der Waals surface area contributed by atoms with Crippen LogP contribution >= 0.6 is 11.8 Å². The first kappa shape index (κ1) is 16.7. The van der Waals surface area contributed by atoms with Gasteiger partial charge in [0.15, 0.2) is 11.5 Å². The number of benzene rings is 1. The lowest BCUT2D eigenvalue weighted by atomic mass is 10.1. The van der Waals surface area contributed by atoms with Crippen LogP contribution < -0.4 is 9.47 Å². The van der Waals surface area contributed by atoms with Crippen LogP contribution in [-0.2, 0) is 9.59 Å². The Kier molecular flexibility index (Phi) is 4.80. The number of carbonyl (C=O) groups excluding carboxylic acids is 2. The van der Waals surface area contributed by atoms with Crippen molar-refractivity contribution in [1.82, 2.24) is 4.90 Å². The lowest BCUT2D eigenvalue weighted by molar-refractivity contribution is -0.140. The minimum absolute atomic E-state index is 0.0750. The van der Waals surface area contributed by atoms with Crippen molar-refractivity contribution in [2.75, 3.05) is 20.8 Å². The third-order valence-corrected chi connectivity index (χ3v) is 3.87. The molecule has 2 N–H and O–H groups in total. The lowest BCUT2D eigenvalue weighted by Crippen LogP contribution is -2.33. The molecule has 2 amide bonds. The molecule has 0 saturated carbocycles. The van der Waals surface area contributed by atoms with Gasteiger partial charge >= 0.3 is 5.97 Å². The molecule has 122 valence electrons. The van der Waals surface area contributed by atoms with Crippen LogP contribution in [0, 0.1) is 0 Å². The molecule has 0 unspecified atom stereocenters. The van der Waals surface area contributed by atoms with Crippen LogP contribution in [0.5, 0.6) is 17.2 Å². The average Bonchev–Trinajstić information content (AvgIpc) is 2.76. The Balaban J connectivity index is 2.37. The quantitative estimate of drug-likeness (QED) is 0.777. The number of phenols is 1. The first-order chi connectivity index (χ1) is 10.9. The standard InChI is InChI=1S/C14H13NO7S/c1-21-8-3-7(4-9(22-2)12(8)18)5-10-13(19)15(6-11(16)17)14(20)23-10/h3-5,18H,6H2,1-2H3,(H,16,17)/b10-5+. The number of hydrogen-bond acceptors (Lipinski definition) is 7. The molecular formula is C14H13NO7S. The maximum absolute atomic E-state index is 12.1. The average molecular weight is 339 g/mol. The number of nitrogens with zero attached hydrogens (tertiary/aromatic N) is 1. The number of aliphatic carboxylic acids is 1. The van der Waals surface area contributed by atoms with Crippen LogP contribution in [0.2, 0.25) is 0 Å². The van der Waals surface area contributed by atoms with Crippen LogP contribution in [0.4, 0.5) is 4.79 Å². The highest BCUT2D eigenvalue weighted by Gasteiger charge is 2.36. The Labute approximate surface area is 135 Å². The molecule has 2 rings (SSSR count). The van der Waals surface area contributed by atoms with Gasteiger partial charge in [-0.15, -0.1) is 0 Å². The molecule has 0 bridgehead atoms. The topological polar surface area (TPSA) is 113 Å². The molecule has 1 fully saturated rings. The van der Waals surface area contributed by atoms with E-state index >= 15 is 0 Å². The lowest BCUT2D eigenvalue weighted by Gasteiger charge is -2.10. The van der Waals surface area contributed by atoms with E-state index in [1.807, 2.05) is 0 Å². The number of ether oxygens (including phenoxy) is 2. The van der Waals surface area contributed by atoms with Crippen molar-refractivity contribution in [3.05, 3.63) is 22.6 Å². The molecule has 8 nitrogen and oxygen atoms in total. The smallest absolute Gasteiger partial charge is 0.323 e. The molecule has 1 aromatic rings. The molecule has 1 aliphatic rings. The number of hydrogen-bond donors (Lipinski definition) is 2. The van der Waals surface area contributed by atoms with E-state index in [2.05, 4.69) is 0 Å². The van der Waals surface area contributed by atoms with Gasteiger partial charge in [0.25, 0.3) is 11.1 Å². The van der Waals surface area contributed by atoms with Gasteiger partial charge in [-0.3, -0.25) is 19.3 Å². The Morgan fingerprint density at radius 3 is 2.30 bits per heavy atom. The molecule has 9 heteroatoms. The fourth-order valence-electron chi connectivity index (χ4n) is 1.92. The van der Waals surface area contributed by atoms with Crippen LogP contribution in [0.3, 0.4) is 0 Å². The van der Waals surface area contributed by atoms with Crippen LogP contribution in [0.1, 0.15) is 5.56 Å². The first-order valence-electron chi connectivity index (χ1n) is 6.29. The summed E-state index contributed by atoms with van der Waals surface area (Å²) in [6, 6.07) is 2.92. The zero-order valence-electron chi connectivity index (χ0n) is 12.2. The molecule has 0 atom stereocenters. The van der Waals surface area contributed by atoms with Gasteiger partial charge in [-0.05, 0) is 35.5 Å². The fraction of sp³-hybridized carbons (Fsp3) is 0.214. The number of carbonyl (C=O) groups is 3. The number of imide groups is 1. The molecule has 1 saturated heterocycles. The monoisotopic (exact) mass is 339 g/mol. The summed E-state index contributed by atoms with van der Waals surface area (Å²) in [4.78, 5) is 35.2. The van der Waals surface area contributed by atoms with E-state index in [1.165, 1.54) is 32.4 Å². The number of phenolic OH excluding ortho intramolecular Hbond substituents is 1. The maximum atomic E-state index is 12.1. The molecule has 1 heterocycles. The van der Waals surface area contributed by atoms with Crippen molar-refractivity contribution in [3.63, 3.8) is 0 Å². The summed E-state index contributed by atoms with van der Waals surface area (Å²) in [6.07, 6.45) is 1.40. The third kappa shape index (κ3) is 3.39. The van der Waals surface area contributed by atoms with E-state index in [0.717, 1.165) is 0 Å². The highest BCUT2D eigenvalue weighted by molar-refractivity contribution is 8.18. The number of carboxylic acid groups (broad SMARTS) is 1. The van der Waals surface area contributed by atoms with Crippen molar-refractivity contribution in [3.8, 4) is 17.2 Å². The number of carboxylic acids is 1. The van der Waals surface area contributed by atoms with Gasteiger partial charge in [-0.1, -0.05) is 0 Å². The van der Waals surface area contributed by atoms with E-state index in [9.17, 15) is 19.5 Å². The molecule has 23 heavy (non-hydrogen) atoms. The van der Waals surface area contributed by atoms with Gasteiger partial charge in [-0.2, -0.15) is 0 Å². The maximum Gasteiger partial charge on any atom is 0.323 e. The van der Waals surface area contributed by atoms with Gasteiger partial charge < -0.3 is 19.7 Å². The summed E-state index contributed by atoms with van der Waals surface area (Å²) in [5.41, 5.74) is 0.456. The second-order valence-electron chi connectivity index (χ2n) is 4.44. The van der Waals surface area contributed by atoms with E-state index in [0.29, 0.717) is 22.2 Å². The van der Waals surface area contributed by atoms with E-state index < -0.39 is 23.7 Å². The molecule has 0 aliphatic carbocycles. The molecule has 1 aromatic carbocycles. The predicted octanol–water partition coefficient (Wildman–Crippen LogP) is 1.53. The summed E-state index contributed by atoms with van der Waals surface area (Å²) in [5, 5.41) is 17.9. The molecular weight excluding hydrogens is 326 g/mol. The van der Waals surface area contributed by atoms with E-state index in [1.54, 1.807) is 0 Å². The van der Waals surface area contributed by atoms with Crippen LogP contribution in [0.15, 0.2) is 17.0 Å². The zero-order valence-corrected chi connectivity index (χ0v) is 13.0. The minimum Gasteiger partial charge on any atom is -0.502 e. The summed E-state index contributed by atoms with van der Waals surface area (Å²) < 4.78 is 10.0. The highest BCUT2D eigenvalue weighted by atomic mass is 32.2. The van der Waals surface area contributed by atoms with Gasteiger partial charge in [0.1, 0.15) is 6.54 Å². The number of thioether (sulfide) groups is 1. The fourth-order valence-corrected chi connectivity index (χ4v) is 2.76. The zero-order chi connectivity index (χ0) is 17.1. The van der Waals surface area contributed by atoms with Crippen LogP contribution in [0.25, 0.3) is 6.08 Å². The van der Waals surface area contributed by atoms with Gasteiger partial charge in [-0.25, -0.2) is 0 Å². The van der Waals surface area contributed by atoms with Crippen molar-refractivity contribution >= 4 is 35.0 Å². The second kappa shape index (κ2) is 6.61. The Bertz CT molecular complexity index is 688. The highest BCUT2D eigenvalue weighted by Crippen LogP contribution is 2.39. The van der Waals surface area contributed by atoms with E-state index in [4.69, 9.17) is 14.6 Å². The van der Waals surface area contributed by atoms with Gasteiger partial charge in [0.05, 0.1) is 19.1 Å². The number of aromatic hydroxyl groups is 1. The Morgan fingerprint density at radius 2 is 1.83 bits per heavy atom.